The summed E-state index contributed by atoms with van der Waals surface area (Å²) in [4.78, 5) is 22.0. The lowest BCUT2D eigenvalue weighted by molar-refractivity contribution is -0.122. The monoisotopic (exact) mass is 220 g/mol. The summed E-state index contributed by atoms with van der Waals surface area (Å²) in [6.07, 6.45) is 0. The fourth-order valence-electron chi connectivity index (χ4n) is 1.23. The number of rotatable bonds is 3. The average molecular weight is 220 g/mol. The van der Waals surface area contributed by atoms with E-state index in [2.05, 4.69) is 10.6 Å². The van der Waals surface area contributed by atoms with Gasteiger partial charge in [-0.3, -0.25) is 9.59 Å². The zero-order chi connectivity index (χ0) is 12.1. The van der Waals surface area contributed by atoms with Gasteiger partial charge in [-0.05, 0) is 37.1 Å². The van der Waals surface area contributed by atoms with Gasteiger partial charge in [0.05, 0.1) is 6.54 Å². The van der Waals surface area contributed by atoms with E-state index in [1.165, 1.54) is 12.5 Å². The van der Waals surface area contributed by atoms with Crippen LogP contribution < -0.4 is 10.6 Å². The predicted molar refractivity (Wildman–Crippen MR) is 63.2 cm³/mol. The molecule has 1 aromatic rings. The van der Waals surface area contributed by atoms with Gasteiger partial charge in [0.25, 0.3) is 0 Å². The molecule has 1 rings (SSSR count). The Morgan fingerprint density at radius 2 is 1.88 bits per heavy atom. The molecule has 0 aliphatic rings. The van der Waals surface area contributed by atoms with Crippen molar-refractivity contribution in [2.24, 2.45) is 0 Å². The fraction of sp³-hybridized carbons (Fsp3) is 0.333. The van der Waals surface area contributed by atoms with Crippen LogP contribution in [0, 0.1) is 13.8 Å². The van der Waals surface area contributed by atoms with E-state index in [0.717, 1.165) is 11.3 Å². The molecule has 4 nitrogen and oxygen atoms in total. The molecule has 4 heteroatoms. The standard InChI is InChI=1S/C12H16N2O2/c1-8-4-5-11(6-9(8)2)14-12(16)7-13-10(3)15/h4-6H,7H2,1-3H3,(H,13,15)(H,14,16). The number of carbonyl (C=O) groups is 2. The van der Waals surface area contributed by atoms with Crippen molar-refractivity contribution in [1.82, 2.24) is 5.32 Å². The van der Waals surface area contributed by atoms with E-state index in [1.807, 2.05) is 32.0 Å². The summed E-state index contributed by atoms with van der Waals surface area (Å²) in [5, 5.41) is 5.15. The second-order valence-electron chi connectivity index (χ2n) is 3.76. The van der Waals surface area contributed by atoms with Crippen molar-refractivity contribution in [2.45, 2.75) is 20.8 Å². The van der Waals surface area contributed by atoms with E-state index in [1.54, 1.807) is 0 Å². The molecule has 86 valence electrons. The highest BCUT2D eigenvalue weighted by atomic mass is 16.2. The zero-order valence-corrected chi connectivity index (χ0v) is 9.76. The topological polar surface area (TPSA) is 58.2 Å². The predicted octanol–water partition coefficient (Wildman–Crippen LogP) is 1.38. The van der Waals surface area contributed by atoms with Crippen molar-refractivity contribution >= 4 is 17.5 Å². The maximum absolute atomic E-state index is 11.4. The molecule has 0 saturated carbocycles. The summed E-state index contributed by atoms with van der Waals surface area (Å²) in [7, 11) is 0. The summed E-state index contributed by atoms with van der Waals surface area (Å²) in [5.74, 6) is -0.436. The summed E-state index contributed by atoms with van der Waals surface area (Å²) in [6.45, 7) is 5.38. The van der Waals surface area contributed by atoms with E-state index in [9.17, 15) is 9.59 Å². The Hall–Kier alpha value is -1.84. The van der Waals surface area contributed by atoms with Crippen LogP contribution in [-0.2, 0) is 9.59 Å². The number of anilines is 1. The molecule has 0 heterocycles. The molecule has 0 atom stereocenters. The highest BCUT2D eigenvalue weighted by Gasteiger charge is 2.03. The van der Waals surface area contributed by atoms with Gasteiger partial charge in [-0.25, -0.2) is 0 Å². The third-order valence-electron chi connectivity index (χ3n) is 2.29. The molecule has 2 amide bonds. The van der Waals surface area contributed by atoms with Crippen molar-refractivity contribution < 1.29 is 9.59 Å². The highest BCUT2D eigenvalue weighted by Crippen LogP contribution is 2.13. The Labute approximate surface area is 95.0 Å². The van der Waals surface area contributed by atoms with Gasteiger partial charge in [0, 0.05) is 12.6 Å². The van der Waals surface area contributed by atoms with Gasteiger partial charge < -0.3 is 10.6 Å². The Kier molecular flexibility index (Phi) is 4.05. The van der Waals surface area contributed by atoms with Crippen LogP contribution >= 0.6 is 0 Å². The number of amides is 2. The van der Waals surface area contributed by atoms with Gasteiger partial charge in [-0.2, -0.15) is 0 Å². The minimum atomic E-state index is -0.224. The second-order valence-corrected chi connectivity index (χ2v) is 3.76. The van der Waals surface area contributed by atoms with Crippen molar-refractivity contribution in [2.75, 3.05) is 11.9 Å². The minimum Gasteiger partial charge on any atom is -0.347 e. The molecule has 2 N–H and O–H groups in total. The quantitative estimate of drug-likeness (QED) is 0.808. The van der Waals surface area contributed by atoms with Gasteiger partial charge >= 0.3 is 0 Å². The number of aryl methyl sites for hydroxylation is 2. The lowest BCUT2D eigenvalue weighted by atomic mass is 10.1. The first kappa shape index (κ1) is 12.2. The number of nitrogens with one attached hydrogen (secondary N) is 2. The number of hydrogen-bond donors (Lipinski definition) is 2. The molecule has 0 aliphatic carbocycles. The molecule has 1 aromatic carbocycles. The summed E-state index contributed by atoms with van der Waals surface area (Å²) >= 11 is 0. The van der Waals surface area contributed by atoms with Crippen molar-refractivity contribution in [3.05, 3.63) is 29.3 Å². The highest BCUT2D eigenvalue weighted by molar-refractivity contribution is 5.94. The van der Waals surface area contributed by atoms with Crippen molar-refractivity contribution in [3.63, 3.8) is 0 Å². The van der Waals surface area contributed by atoms with Crippen LogP contribution in [0.3, 0.4) is 0 Å². The summed E-state index contributed by atoms with van der Waals surface area (Å²) in [6, 6.07) is 5.69. The number of carbonyl (C=O) groups excluding carboxylic acids is 2. The van der Waals surface area contributed by atoms with Gasteiger partial charge in [0.1, 0.15) is 0 Å². The summed E-state index contributed by atoms with van der Waals surface area (Å²) < 4.78 is 0. The summed E-state index contributed by atoms with van der Waals surface area (Å²) in [5.41, 5.74) is 3.05. The molecule has 0 fully saturated rings. The molecule has 0 aliphatic heterocycles. The van der Waals surface area contributed by atoms with E-state index in [-0.39, 0.29) is 18.4 Å². The lowest BCUT2D eigenvalue weighted by Gasteiger charge is -2.07. The Morgan fingerprint density at radius 3 is 2.44 bits per heavy atom. The van der Waals surface area contributed by atoms with Crippen LogP contribution in [0.2, 0.25) is 0 Å². The molecule has 0 spiro atoms. The smallest absolute Gasteiger partial charge is 0.243 e. The molecular weight excluding hydrogens is 204 g/mol. The van der Waals surface area contributed by atoms with Crippen LogP contribution in [0.5, 0.6) is 0 Å². The second kappa shape index (κ2) is 5.30. The van der Waals surface area contributed by atoms with Crippen LogP contribution in [-0.4, -0.2) is 18.4 Å². The van der Waals surface area contributed by atoms with E-state index < -0.39 is 0 Å². The molecule has 0 bridgehead atoms. The molecule has 0 aromatic heterocycles. The van der Waals surface area contributed by atoms with Crippen LogP contribution in [0.4, 0.5) is 5.69 Å². The molecule has 0 radical (unpaired) electrons. The molecule has 0 unspecified atom stereocenters. The fourth-order valence-corrected chi connectivity index (χ4v) is 1.23. The first-order valence-electron chi connectivity index (χ1n) is 5.10. The van der Waals surface area contributed by atoms with Crippen LogP contribution in [0.1, 0.15) is 18.1 Å². The third kappa shape index (κ3) is 3.73. The van der Waals surface area contributed by atoms with Crippen LogP contribution in [0.15, 0.2) is 18.2 Å². The van der Waals surface area contributed by atoms with Gasteiger partial charge in [-0.1, -0.05) is 6.07 Å². The zero-order valence-electron chi connectivity index (χ0n) is 9.76. The Balaban J connectivity index is 2.56. The normalized spacial score (nSPS) is 9.69. The molecule has 0 saturated heterocycles. The van der Waals surface area contributed by atoms with E-state index in [0.29, 0.717) is 0 Å². The van der Waals surface area contributed by atoms with Gasteiger partial charge in [-0.15, -0.1) is 0 Å². The molecular formula is C12H16N2O2. The maximum atomic E-state index is 11.4. The molecule has 16 heavy (non-hydrogen) atoms. The lowest BCUT2D eigenvalue weighted by Crippen LogP contribution is -2.31. The first-order valence-corrected chi connectivity index (χ1v) is 5.10. The third-order valence-corrected chi connectivity index (χ3v) is 2.29. The van der Waals surface area contributed by atoms with Crippen molar-refractivity contribution in [3.8, 4) is 0 Å². The Bertz CT molecular complexity index is 413. The van der Waals surface area contributed by atoms with E-state index >= 15 is 0 Å². The Morgan fingerprint density at radius 1 is 1.19 bits per heavy atom. The SMILES string of the molecule is CC(=O)NCC(=O)Nc1ccc(C)c(C)c1. The van der Waals surface area contributed by atoms with E-state index in [4.69, 9.17) is 0 Å². The average Bonchev–Trinajstić information content (AvgIpc) is 2.21. The largest absolute Gasteiger partial charge is 0.347 e. The number of benzene rings is 1. The van der Waals surface area contributed by atoms with Crippen LogP contribution in [0.25, 0.3) is 0 Å². The van der Waals surface area contributed by atoms with Gasteiger partial charge in [0.15, 0.2) is 0 Å². The van der Waals surface area contributed by atoms with Gasteiger partial charge in [0.2, 0.25) is 11.8 Å². The van der Waals surface area contributed by atoms with Crippen molar-refractivity contribution in [1.29, 1.82) is 0 Å². The minimum absolute atomic E-state index is 0.00224. The maximum Gasteiger partial charge on any atom is 0.243 e. The first-order chi connectivity index (χ1) is 7.49. The number of hydrogen-bond acceptors (Lipinski definition) is 2.